The molecule has 112 valence electrons. The molecule has 0 aliphatic carbocycles. The predicted molar refractivity (Wildman–Crippen MR) is 84.0 cm³/mol. The van der Waals surface area contributed by atoms with E-state index in [2.05, 4.69) is 21.2 Å². The quantitative estimate of drug-likeness (QED) is 0.775. The highest BCUT2D eigenvalue weighted by atomic mass is 79.9. The minimum Gasteiger partial charge on any atom is -0.347 e. The van der Waals surface area contributed by atoms with Gasteiger partial charge in [-0.05, 0) is 48.3 Å². The Balaban J connectivity index is 3.28. The van der Waals surface area contributed by atoms with Gasteiger partial charge in [0.25, 0.3) is 15.0 Å². The molecule has 0 saturated carbocycles. The van der Waals surface area contributed by atoms with Crippen LogP contribution in [0.5, 0.6) is 0 Å². The molecule has 0 unspecified atom stereocenters. The summed E-state index contributed by atoms with van der Waals surface area (Å²) in [6.45, 7) is 5.67. The van der Waals surface area contributed by atoms with Crippen molar-refractivity contribution in [1.29, 1.82) is 0 Å². The van der Waals surface area contributed by atoms with Crippen LogP contribution >= 0.6 is 38.2 Å². The van der Waals surface area contributed by atoms with Gasteiger partial charge in [-0.25, -0.2) is 8.42 Å². The number of nitrogens with one attached hydrogen (secondary N) is 1. The molecule has 0 fully saturated rings. The van der Waals surface area contributed by atoms with E-state index >= 15 is 0 Å². The normalized spacial score (nSPS) is 12.3. The van der Waals surface area contributed by atoms with Crippen molar-refractivity contribution in [2.75, 3.05) is 0 Å². The van der Waals surface area contributed by atoms with Crippen molar-refractivity contribution in [2.24, 2.45) is 0 Å². The Bertz CT molecular complexity index is 644. The molecule has 8 heteroatoms. The van der Waals surface area contributed by atoms with Crippen LogP contribution < -0.4 is 5.32 Å². The molecule has 0 aromatic heterocycles. The lowest BCUT2D eigenvalue weighted by atomic mass is 10.0. The van der Waals surface area contributed by atoms with Gasteiger partial charge in [0.15, 0.2) is 0 Å². The molecule has 0 radical (unpaired) electrons. The van der Waals surface area contributed by atoms with E-state index in [1.807, 2.05) is 20.8 Å². The summed E-state index contributed by atoms with van der Waals surface area (Å²) in [5, 5.41) is 2.90. The summed E-state index contributed by atoms with van der Waals surface area (Å²) >= 11 is 8.97. The zero-order valence-corrected chi connectivity index (χ0v) is 15.0. The van der Waals surface area contributed by atoms with Crippen LogP contribution in [0.2, 0.25) is 5.02 Å². The Kier molecular flexibility index (Phi) is 5.52. The summed E-state index contributed by atoms with van der Waals surface area (Å²) in [6.07, 6.45) is 0.726. The predicted octanol–water partition coefficient (Wildman–Crippen LogP) is 3.95. The van der Waals surface area contributed by atoms with Crippen LogP contribution in [-0.2, 0) is 9.05 Å². The molecule has 1 amide bonds. The van der Waals surface area contributed by atoms with Crippen LogP contribution in [0.3, 0.4) is 0 Å². The number of carbonyl (C=O) groups excluding carboxylic acids is 1. The minimum absolute atomic E-state index is 0.103. The highest BCUT2D eigenvalue weighted by Crippen LogP contribution is 2.33. The van der Waals surface area contributed by atoms with E-state index in [1.54, 1.807) is 0 Å². The first-order valence-electron chi connectivity index (χ1n) is 5.74. The molecule has 1 rings (SSSR count). The number of hydrogen-bond donors (Lipinski definition) is 1. The molecule has 0 heterocycles. The SMILES string of the molecule is CCC(C)(C)NC(=O)c1cc(Cl)c(Br)c(S(=O)(=O)Cl)c1. The molecule has 0 aliphatic rings. The second-order valence-electron chi connectivity index (χ2n) is 4.90. The molecule has 1 N–H and O–H groups in total. The highest BCUT2D eigenvalue weighted by molar-refractivity contribution is 9.10. The maximum Gasteiger partial charge on any atom is 0.262 e. The Hall–Kier alpha value is -0.300. The van der Waals surface area contributed by atoms with E-state index in [-0.39, 0.29) is 20.0 Å². The molecule has 0 aliphatic heterocycles. The maximum atomic E-state index is 12.1. The first-order valence-corrected chi connectivity index (χ1v) is 9.22. The summed E-state index contributed by atoms with van der Waals surface area (Å²) in [4.78, 5) is 11.9. The van der Waals surface area contributed by atoms with Gasteiger partial charge in [0.2, 0.25) is 0 Å². The van der Waals surface area contributed by atoms with Gasteiger partial charge in [0.05, 0.1) is 14.4 Å². The summed E-state index contributed by atoms with van der Waals surface area (Å²) in [6, 6.07) is 2.58. The number of amides is 1. The standard InChI is InChI=1S/C12H14BrCl2NO3S/c1-4-12(2,3)16-11(17)7-5-8(14)10(13)9(6-7)20(15,18)19/h5-6H,4H2,1-3H3,(H,16,17). The fraction of sp³-hybridized carbons (Fsp3) is 0.417. The van der Waals surface area contributed by atoms with E-state index in [9.17, 15) is 13.2 Å². The lowest BCUT2D eigenvalue weighted by molar-refractivity contribution is 0.0911. The number of rotatable bonds is 4. The molecule has 0 atom stereocenters. The third kappa shape index (κ3) is 4.35. The van der Waals surface area contributed by atoms with Gasteiger partial charge in [0.1, 0.15) is 0 Å². The topological polar surface area (TPSA) is 63.2 Å². The average Bonchev–Trinajstić information content (AvgIpc) is 2.30. The van der Waals surface area contributed by atoms with E-state index in [1.165, 1.54) is 12.1 Å². The Morgan fingerprint density at radius 2 is 1.95 bits per heavy atom. The monoisotopic (exact) mass is 401 g/mol. The maximum absolute atomic E-state index is 12.1. The van der Waals surface area contributed by atoms with Crippen LogP contribution in [0.1, 0.15) is 37.6 Å². The van der Waals surface area contributed by atoms with Gasteiger partial charge >= 0.3 is 0 Å². The number of hydrogen-bond acceptors (Lipinski definition) is 3. The molecule has 1 aromatic carbocycles. The van der Waals surface area contributed by atoms with Gasteiger partial charge in [-0.15, -0.1) is 0 Å². The van der Waals surface area contributed by atoms with Crippen LogP contribution in [0.15, 0.2) is 21.5 Å². The van der Waals surface area contributed by atoms with E-state index in [0.717, 1.165) is 6.42 Å². The first kappa shape index (κ1) is 17.8. The van der Waals surface area contributed by atoms with Crippen molar-refractivity contribution in [3.8, 4) is 0 Å². The largest absolute Gasteiger partial charge is 0.347 e. The second kappa shape index (κ2) is 6.22. The van der Waals surface area contributed by atoms with Crippen molar-refractivity contribution in [2.45, 2.75) is 37.6 Å². The lowest BCUT2D eigenvalue weighted by Crippen LogP contribution is -2.42. The Morgan fingerprint density at radius 3 is 2.40 bits per heavy atom. The summed E-state index contributed by atoms with van der Waals surface area (Å²) in [5.74, 6) is -0.409. The van der Waals surface area contributed by atoms with Gasteiger partial charge < -0.3 is 5.32 Å². The lowest BCUT2D eigenvalue weighted by Gasteiger charge is -2.24. The summed E-state index contributed by atoms with van der Waals surface area (Å²) < 4.78 is 23.1. The van der Waals surface area contributed by atoms with Gasteiger partial charge in [-0.3, -0.25) is 4.79 Å². The Morgan fingerprint density at radius 1 is 1.40 bits per heavy atom. The van der Waals surface area contributed by atoms with Crippen LogP contribution in [-0.4, -0.2) is 19.9 Å². The summed E-state index contributed by atoms with van der Waals surface area (Å²) in [5.41, 5.74) is -0.268. The van der Waals surface area contributed by atoms with Gasteiger partial charge in [0, 0.05) is 21.8 Å². The fourth-order valence-electron chi connectivity index (χ4n) is 1.34. The van der Waals surface area contributed by atoms with Crippen LogP contribution in [0.25, 0.3) is 0 Å². The summed E-state index contributed by atoms with van der Waals surface area (Å²) in [7, 11) is 1.32. The minimum atomic E-state index is -4.00. The zero-order chi connectivity index (χ0) is 15.7. The second-order valence-corrected chi connectivity index (χ2v) is 8.63. The third-order valence-electron chi connectivity index (χ3n) is 2.86. The van der Waals surface area contributed by atoms with E-state index in [0.29, 0.717) is 0 Å². The smallest absolute Gasteiger partial charge is 0.262 e. The van der Waals surface area contributed by atoms with Gasteiger partial charge in [-0.2, -0.15) is 0 Å². The average molecular weight is 403 g/mol. The van der Waals surface area contributed by atoms with Crippen molar-refractivity contribution in [1.82, 2.24) is 5.32 Å². The molecule has 1 aromatic rings. The van der Waals surface area contributed by atoms with Crippen LogP contribution in [0, 0.1) is 0 Å². The molecular weight excluding hydrogens is 389 g/mol. The van der Waals surface area contributed by atoms with Crippen molar-refractivity contribution in [3.05, 3.63) is 27.2 Å². The Labute approximate surface area is 136 Å². The number of halogens is 3. The van der Waals surface area contributed by atoms with E-state index in [4.69, 9.17) is 22.3 Å². The molecule has 20 heavy (non-hydrogen) atoms. The molecule has 0 bridgehead atoms. The van der Waals surface area contributed by atoms with Crippen molar-refractivity contribution >= 4 is 53.2 Å². The fourth-order valence-corrected chi connectivity index (χ4v) is 3.72. The van der Waals surface area contributed by atoms with Crippen LogP contribution in [0.4, 0.5) is 0 Å². The third-order valence-corrected chi connectivity index (χ3v) is 5.84. The molecule has 0 saturated heterocycles. The highest BCUT2D eigenvalue weighted by Gasteiger charge is 2.23. The number of carbonyl (C=O) groups is 1. The molecular formula is C12H14BrCl2NO3S. The molecule has 4 nitrogen and oxygen atoms in total. The number of benzene rings is 1. The molecule has 0 spiro atoms. The van der Waals surface area contributed by atoms with Crippen molar-refractivity contribution in [3.63, 3.8) is 0 Å². The van der Waals surface area contributed by atoms with Gasteiger partial charge in [-0.1, -0.05) is 18.5 Å². The zero-order valence-electron chi connectivity index (χ0n) is 11.1. The first-order chi connectivity index (χ1) is 8.98. The van der Waals surface area contributed by atoms with E-state index < -0.39 is 20.5 Å². The van der Waals surface area contributed by atoms with Crippen molar-refractivity contribution < 1.29 is 13.2 Å².